The van der Waals surface area contributed by atoms with Gasteiger partial charge in [-0.1, -0.05) is 39.0 Å². The van der Waals surface area contributed by atoms with Gasteiger partial charge in [-0.25, -0.2) is 0 Å². The van der Waals surface area contributed by atoms with Crippen LogP contribution in [0, 0.1) is 5.41 Å². The standard InChI is InChI=1S/C20H26N2O/c1-4-20(5-2)13-17(23)22-16-10-8-7-9-14(16)15-11-12-21(6-3)19(20)18(15)22/h7-10,19H,4-6,11-13H2,1-3H3. The largest absolute Gasteiger partial charge is 0.294 e. The zero-order valence-electron chi connectivity index (χ0n) is 14.4. The summed E-state index contributed by atoms with van der Waals surface area (Å²) in [6.07, 6.45) is 3.87. The maximum atomic E-state index is 13.1. The lowest BCUT2D eigenvalue weighted by molar-refractivity contribution is 0.0183. The van der Waals surface area contributed by atoms with Crippen molar-refractivity contribution in [1.82, 2.24) is 9.47 Å². The van der Waals surface area contributed by atoms with Crippen molar-refractivity contribution < 1.29 is 4.79 Å². The van der Waals surface area contributed by atoms with Crippen molar-refractivity contribution in [3.05, 3.63) is 35.5 Å². The summed E-state index contributed by atoms with van der Waals surface area (Å²) in [6, 6.07) is 8.85. The average molecular weight is 310 g/mol. The summed E-state index contributed by atoms with van der Waals surface area (Å²) >= 11 is 0. The molecule has 0 saturated carbocycles. The Hall–Kier alpha value is -1.61. The van der Waals surface area contributed by atoms with Crippen LogP contribution in [-0.4, -0.2) is 28.5 Å². The van der Waals surface area contributed by atoms with Crippen molar-refractivity contribution >= 4 is 16.8 Å². The predicted octanol–water partition coefficient (Wildman–Crippen LogP) is 4.41. The minimum atomic E-state index is 0.0899. The lowest BCUT2D eigenvalue weighted by Crippen LogP contribution is -2.50. The number of nitrogens with zero attached hydrogens (tertiary/aromatic N) is 2. The van der Waals surface area contributed by atoms with Crippen molar-refractivity contribution in [2.75, 3.05) is 13.1 Å². The molecule has 0 saturated heterocycles. The van der Waals surface area contributed by atoms with E-state index in [-0.39, 0.29) is 5.41 Å². The number of fused-ring (bicyclic) bond motifs is 3. The first-order chi connectivity index (χ1) is 11.2. The Labute approximate surface area is 138 Å². The van der Waals surface area contributed by atoms with E-state index in [1.54, 1.807) is 0 Å². The SMILES string of the molecule is CCN1CCc2c3n(c4ccccc24)C(=O)CC(CC)(CC)C31. The molecule has 1 atom stereocenters. The van der Waals surface area contributed by atoms with Crippen molar-refractivity contribution in [2.45, 2.75) is 52.5 Å². The van der Waals surface area contributed by atoms with Crippen molar-refractivity contribution in [1.29, 1.82) is 0 Å². The van der Waals surface area contributed by atoms with E-state index in [0.29, 0.717) is 18.4 Å². The average Bonchev–Trinajstić information content (AvgIpc) is 2.93. The number of likely N-dealkylation sites (N-methyl/N-ethyl adjacent to an activating group) is 1. The molecule has 0 aliphatic carbocycles. The summed E-state index contributed by atoms with van der Waals surface area (Å²) in [5, 5.41) is 1.29. The molecule has 1 unspecified atom stereocenters. The van der Waals surface area contributed by atoms with E-state index in [2.05, 4.69) is 54.5 Å². The third-order valence-electron chi connectivity index (χ3n) is 6.44. The van der Waals surface area contributed by atoms with E-state index in [9.17, 15) is 4.79 Å². The first kappa shape index (κ1) is 14.9. The molecule has 3 heteroatoms. The molecule has 0 spiro atoms. The molecule has 2 aliphatic rings. The highest BCUT2D eigenvalue weighted by Crippen LogP contribution is 2.54. The minimum absolute atomic E-state index is 0.0899. The lowest BCUT2D eigenvalue weighted by atomic mass is 9.67. The first-order valence-corrected chi connectivity index (χ1v) is 9.06. The van der Waals surface area contributed by atoms with Crippen LogP contribution >= 0.6 is 0 Å². The van der Waals surface area contributed by atoms with E-state index in [4.69, 9.17) is 0 Å². The molecule has 3 nitrogen and oxygen atoms in total. The van der Waals surface area contributed by atoms with E-state index >= 15 is 0 Å². The lowest BCUT2D eigenvalue weighted by Gasteiger charge is -2.50. The molecule has 4 rings (SSSR count). The molecule has 3 heterocycles. The van der Waals surface area contributed by atoms with Gasteiger partial charge in [-0.3, -0.25) is 14.3 Å². The van der Waals surface area contributed by atoms with Crippen LogP contribution in [0.5, 0.6) is 0 Å². The molecular weight excluding hydrogens is 284 g/mol. The first-order valence-electron chi connectivity index (χ1n) is 9.06. The highest BCUT2D eigenvalue weighted by Gasteiger charge is 2.50. The van der Waals surface area contributed by atoms with Crippen molar-refractivity contribution in [3.8, 4) is 0 Å². The van der Waals surface area contributed by atoms with Gasteiger partial charge in [0.2, 0.25) is 5.91 Å². The van der Waals surface area contributed by atoms with Gasteiger partial charge >= 0.3 is 0 Å². The molecule has 1 aromatic carbocycles. The fourth-order valence-corrected chi connectivity index (χ4v) is 5.08. The zero-order chi connectivity index (χ0) is 16.2. The molecule has 0 bridgehead atoms. The second kappa shape index (κ2) is 5.20. The van der Waals surface area contributed by atoms with Gasteiger partial charge in [-0.2, -0.15) is 0 Å². The van der Waals surface area contributed by atoms with E-state index in [1.165, 1.54) is 16.6 Å². The number of para-hydroxylation sites is 1. The fourth-order valence-electron chi connectivity index (χ4n) is 5.08. The molecule has 23 heavy (non-hydrogen) atoms. The Balaban J connectivity index is 2.07. The second-order valence-corrected chi connectivity index (χ2v) is 7.14. The van der Waals surface area contributed by atoms with Crippen LogP contribution in [0.3, 0.4) is 0 Å². The normalized spacial score (nSPS) is 23.3. The summed E-state index contributed by atoms with van der Waals surface area (Å²) in [7, 11) is 0. The highest BCUT2D eigenvalue weighted by molar-refractivity contribution is 5.97. The third-order valence-corrected chi connectivity index (χ3v) is 6.44. The Kier molecular flexibility index (Phi) is 3.38. The molecule has 0 N–H and O–H groups in total. The van der Waals surface area contributed by atoms with E-state index in [1.807, 2.05) is 0 Å². The third kappa shape index (κ3) is 1.83. The van der Waals surface area contributed by atoms with Gasteiger partial charge in [0.05, 0.1) is 11.6 Å². The number of rotatable bonds is 3. The highest BCUT2D eigenvalue weighted by atomic mass is 16.2. The molecular formula is C20H26N2O. The Bertz CT molecular complexity index is 769. The predicted molar refractivity (Wildman–Crippen MR) is 93.9 cm³/mol. The smallest absolute Gasteiger partial charge is 0.231 e. The molecule has 0 fully saturated rings. The van der Waals surface area contributed by atoms with Crippen LogP contribution in [0.4, 0.5) is 0 Å². The molecule has 122 valence electrons. The number of hydrogen-bond acceptors (Lipinski definition) is 2. The van der Waals surface area contributed by atoms with Crippen molar-refractivity contribution in [2.24, 2.45) is 5.41 Å². The van der Waals surface area contributed by atoms with Gasteiger partial charge in [-0.05, 0) is 42.9 Å². The fraction of sp³-hybridized carbons (Fsp3) is 0.550. The summed E-state index contributed by atoms with van der Waals surface area (Å²) in [5.41, 5.74) is 3.94. The van der Waals surface area contributed by atoms with Crippen LogP contribution in [0.25, 0.3) is 10.9 Å². The maximum absolute atomic E-state index is 13.1. The monoisotopic (exact) mass is 310 g/mol. The Morgan fingerprint density at radius 3 is 2.61 bits per heavy atom. The molecule has 0 radical (unpaired) electrons. The Morgan fingerprint density at radius 2 is 1.91 bits per heavy atom. The number of carbonyl (C=O) groups excluding carboxylic acids is 1. The topological polar surface area (TPSA) is 25.2 Å². The van der Waals surface area contributed by atoms with Gasteiger partial charge in [0, 0.05) is 24.0 Å². The van der Waals surface area contributed by atoms with Crippen LogP contribution in [0.15, 0.2) is 24.3 Å². The Morgan fingerprint density at radius 1 is 1.17 bits per heavy atom. The van der Waals surface area contributed by atoms with Crippen LogP contribution in [0.1, 0.15) is 62.1 Å². The maximum Gasteiger partial charge on any atom is 0.231 e. The van der Waals surface area contributed by atoms with Gasteiger partial charge in [0.25, 0.3) is 0 Å². The van der Waals surface area contributed by atoms with E-state index < -0.39 is 0 Å². The molecule has 1 aromatic heterocycles. The zero-order valence-corrected chi connectivity index (χ0v) is 14.4. The second-order valence-electron chi connectivity index (χ2n) is 7.14. The summed E-state index contributed by atoms with van der Waals surface area (Å²) in [4.78, 5) is 15.7. The van der Waals surface area contributed by atoms with Gasteiger partial charge < -0.3 is 0 Å². The number of benzene rings is 1. The number of aromatic nitrogens is 1. The van der Waals surface area contributed by atoms with Crippen LogP contribution in [0.2, 0.25) is 0 Å². The van der Waals surface area contributed by atoms with Crippen molar-refractivity contribution in [3.63, 3.8) is 0 Å². The quantitative estimate of drug-likeness (QED) is 0.839. The summed E-state index contributed by atoms with van der Waals surface area (Å²) in [5.74, 6) is 0.292. The van der Waals surface area contributed by atoms with Gasteiger partial charge in [-0.15, -0.1) is 0 Å². The molecule has 2 aromatic rings. The number of carbonyl (C=O) groups is 1. The van der Waals surface area contributed by atoms with Gasteiger partial charge in [0.1, 0.15) is 0 Å². The van der Waals surface area contributed by atoms with Crippen LogP contribution in [-0.2, 0) is 6.42 Å². The van der Waals surface area contributed by atoms with Gasteiger partial charge in [0.15, 0.2) is 0 Å². The van der Waals surface area contributed by atoms with E-state index in [0.717, 1.165) is 37.9 Å². The minimum Gasteiger partial charge on any atom is -0.294 e. The summed E-state index contributed by atoms with van der Waals surface area (Å²) < 4.78 is 2.06. The molecule has 2 aliphatic heterocycles. The number of hydrogen-bond donors (Lipinski definition) is 0. The summed E-state index contributed by atoms with van der Waals surface area (Å²) in [6.45, 7) is 8.94. The van der Waals surface area contributed by atoms with Crippen LogP contribution < -0.4 is 0 Å². The molecule has 0 amide bonds.